The molecule has 1 atom stereocenters. The molecule has 0 aliphatic heterocycles. The van der Waals surface area contributed by atoms with Gasteiger partial charge in [-0.05, 0) is 40.0 Å². The molecule has 0 fully saturated rings. The molecule has 0 aromatic carbocycles. The lowest BCUT2D eigenvalue weighted by Gasteiger charge is -2.05. The lowest BCUT2D eigenvalue weighted by Crippen LogP contribution is -2.22. The van der Waals surface area contributed by atoms with Gasteiger partial charge in [0, 0.05) is 6.42 Å². The van der Waals surface area contributed by atoms with E-state index in [4.69, 9.17) is 26.2 Å². The Morgan fingerprint density at radius 1 is 0.600 bits per heavy atom. The van der Waals surface area contributed by atoms with Crippen LogP contribution in [0.25, 0.3) is 0 Å². The van der Waals surface area contributed by atoms with Gasteiger partial charge in [-0.15, -0.1) is 0 Å². The van der Waals surface area contributed by atoms with Crippen LogP contribution < -0.4 is 5.73 Å². The van der Waals surface area contributed by atoms with Crippen LogP contribution in [0.5, 0.6) is 0 Å². The van der Waals surface area contributed by atoms with Crippen molar-refractivity contribution in [3.63, 3.8) is 0 Å². The summed E-state index contributed by atoms with van der Waals surface area (Å²) in [6, 6.07) is 0. The summed E-state index contributed by atoms with van der Waals surface area (Å²) in [4.78, 5) is 31.9. The monoisotopic (exact) mass is 576 g/mol. The summed E-state index contributed by atoms with van der Waals surface area (Å²) in [6.07, 6.45) is 24.7. The summed E-state index contributed by atoms with van der Waals surface area (Å²) in [6.45, 7) is 4.19. The molecule has 0 aromatic rings. The molecule has 6 N–H and O–H groups in total. The third-order valence-electron chi connectivity index (χ3n) is 6.46. The highest BCUT2D eigenvalue weighted by atomic mass is 16.4. The Labute approximate surface area is 244 Å². The Bertz CT molecular complexity index is 560. The molecule has 40 heavy (non-hydrogen) atoms. The van der Waals surface area contributed by atoms with E-state index in [1.807, 2.05) is 0 Å². The minimum atomic E-state index is -1.79. The molecule has 1 unspecified atom stereocenters. The number of hydrogen-bond donors (Lipinski definition) is 5. The van der Waals surface area contributed by atoms with Crippen molar-refractivity contribution in [3.8, 4) is 0 Å². The van der Waals surface area contributed by atoms with E-state index in [0.717, 1.165) is 32.4 Å². The van der Waals surface area contributed by atoms with Crippen molar-refractivity contribution in [2.75, 3.05) is 27.2 Å². The molecular weight excluding hydrogens is 512 g/mol. The van der Waals surface area contributed by atoms with Crippen molar-refractivity contribution < 1.29 is 34.8 Å². The number of nitrogens with two attached hydrogens (primary N) is 1. The fraction of sp³-hybridized carbons (Fsp3) is 0.903. The average Bonchev–Trinajstić information content (AvgIpc) is 2.89. The molecule has 0 bridgehead atoms. The van der Waals surface area contributed by atoms with Crippen LogP contribution in [0.4, 0.5) is 0 Å². The zero-order valence-electron chi connectivity index (χ0n) is 26.1. The Hall–Kier alpha value is -1.71. The number of carboxylic acid groups (broad SMARTS) is 3. The Balaban J connectivity index is -0.000000695. The van der Waals surface area contributed by atoms with Gasteiger partial charge in [0.2, 0.25) is 0 Å². The molecule has 0 aliphatic carbocycles. The predicted molar refractivity (Wildman–Crippen MR) is 164 cm³/mol. The molecular formula is C31H64N2O7. The van der Waals surface area contributed by atoms with E-state index < -0.39 is 30.4 Å². The number of unbranched alkanes of at least 4 members (excludes halogenated alkanes) is 18. The lowest BCUT2D eigenvalue weighted by molar-refractivity contribution is -0.152. The Morgan fingerprint density at radius 2 is 0.950 bits per heavy atom. The smallest absolute Gasteiger partial charge is 0.333 e. The first-order valence-corrected chi connectivity index (χ1v) is 15.8. The molecule has 240 valence electrons. The van der Waals surface area contributed by atoms with Crippen LogP contribution in [0, 0.1) is 0 Å². The number of carbonyl (C=O) groups is 3. The number of nitrogens with zero attached hydrogens (tertiary/aromatic N) is 1. The van der Waals surface area contributed by atoms with Crippen molar-refractivity contribution in [3.05, 3.63) is 0 Å². The topological polar surface area (TPSA) is 161 Å². The fourth-order valence-corrected chi connectivity index (χ4v) is 4.01. The summed E-state index contributed by atoms with van der Waals surface area (Å²) >= 11 is 0. The van der Waals surface area contributed by atoms with Crippen molar-refractivity contribution >= 4 is 17.9 Å². The molecule has 0 amide bonds. The van der Waals surface area contributed by atoms with Crippen LogP contribution in [0.1, 0.15) is 148 Å². The van der Waals surface area contributed by atoms with Crippen LogP contribution in [0.3, 0.4) is 0 Å². The molecule has 0 radical (unpaired) electrons. The van der Waals surface area contributed by atoms with Gasteiger partial charge in [0.15, 0.2) is 6.10 Å². The average molecular weight is 577 g/mol. The SMILES string of the molecule is CCCCCCCCCCCCCCCCCCCCCC(=O)O.CN(C)CCCN.O=C(O)CC(O)C(=O)O. The van der Waals surface area contributed by atoms with Crippen molar-refractivity contribution in [2.45, 2.75) is 154 Å². The number of aliphatic carboxylic acids is 3. The molecule has 0 heterocycles. The first-order chi connectivity index (χ1) is 19.1. The maximum atomic E-state index is 10.4. The number of rotatable bonds is 26. The van der Waals surface area contributed by atoms with E-state index in [-0.39, 0.29) is 0 Å². The minimum absolute atomic E-state index is 0.346. The quantitative estimate of drug-likeness (QED) is 0.0706. The number of hydrogen-bond acceptors (Lipinski definition) is 6. The first-order valence-electron chi connectivity index (χ1n) is 15.8. The maximum Gasteiger partial charge on any atom is 0.333 e. The standard InChI is InChI=1S/C22H44O2.C5H14N2.C4H6O5/c1-2-3-4-5-6-7-8-9-10-11-12-13-14-15-16-17-18-19-20-21-22(23)24;1-7(2)5-3-4-6;5-2(4(8)9)1-3(6)7/h2-21H2,1H3,(H,23,24);3-6H2,1-2H3;2,5H,1H2,(H,6,7)(H,8,9). The molecule has 0 spiro atoms. The normalized spacial score (nSPS) is 11.2. The van der Waals surface area contributed by atoms with E-state index in [1.54, 1.807) is 0 Å². The van der Waals surface area contributed by atoms with E-state index in [1.165, 1.54) is 109 Å². The maximum absolute atomic E-state index is 10.4. The first kappa shape index (κ1) is 42.8. The zero-order chi connectivity index (χ0) is 30.9. The van der Waals surface area contributed by atoms with Gasteiger partial charge in [0.05, 0.1) is 6.42 Å². The summed E-state index contributed by atoms with van der Waals surface area (Å²) < 4.78 is 0. The van der Waals surface area contributed by atoms with Crippen molar-refractivity contribution in [1.29, 1.82) is 0 Å². The molecule has 0 saturated heterocycles. The van der Waals surface area contributed by atoms with Gasteiger partial charge >= 0.3 is 17.9 Å². The summed E-state index contributed by atoms with van der Waals surface area (Å²) in [5.74, 6) is -3.50. The zero-order valence-corrected chi connectivity index (χ0v) is 26.1. The van der Waals surface area contributed by atoms with Gasteiger partial charge in [0.1, 0.15) is 0 Å². The van der Waals surface area contributed by atoms with Crippen LogP contribution >= 0.6 is 0 Å². The highest BCUT2D eigenvalue weighted by Gasteiger charge is 2.16. The third kappa shape index (κ3) is 46.2. The number of carboxylic acids is 3. The van der Waals surface area contributed by atoms with Gasteiger partial charge in [-0.3, -0.25) is 9.59 Å². The van der Waals surface area contributed by atoms with E-state index in [2.05, 4.69) is 25.9 Å². The molecule has 9 heteroatoms. The van der Waals surface area contributed by atoms with Crippen molar-refractivity contribution in [2.24, 2.45) is 5.73 Å². The lowest BCUT2D eigenvalue weighted by atomic mass is 10.0. The largest absolute Gasteiger partial charge is 0.481 e. The van der Waals surface area contributed by atoms with Crippen LogP contribution in [-0.4, -0.2) is 76.5 Å². The highest BCUT2D eigenvalue weighted by Crippen LogP contribution is 2.14. The van der Waals surface area contributed by atoms with E-state index in [0.29, 0.717) is 6.42 Å². The van der Waals surface area contributed by atoms with Crippen LogP contribution in [-0.2, 0) is 14.4 Å². The second-order valence-electron chi connectivity index (χ2n) is 10.9. The third-order valence-corrected chi connectivity index (χ3v) is 6.46. The van der Waals surface area contributed by atoms with Gasteiger partial charge in [-0.1, -0.05) is 122 Å². The fourth-order valence-electron chi connectivity index (χ4n) is 4.01. The Morgan fingerprint density at radius 3 is 1.15 bits per heavy atom. The summed E-state index contributed by atoms with van der Waals surface area (Å²) in [7, 11) is 4.10. The van der Waals surface area contributed by atoms with Crippen LogP contribution in [0.15, 0.2) is 0 Å². The van der Waals surface area contributed by atoms with E-state index >= 15 is 0 Å². The van der Waals surface area contributed by atoms with Gasteiger partial charge in [-0.2, -0.15) is 0 Å². The van der Waals surface area contributed by atoms with E-state index in [9.17, 15) is 14.4 Å². The summed E-state index contributed by atoms with van der Waals surface area (Å²) in [5.41, 5.74) is 5.25. The van der Waals surface area contributed by atoms with Gasteiger partial charge in [-0.25, -0.2) is 4.79 Å². The van der Waals surface area contributed by atoms with Gasteiger partial charge < -0.3 is 31.1 Å². The number of aliphatic hydroxyl groups excluding tert-OH is 1. The van der Waals surface area contributed by atoms with Crippen molar-refractivity contribution in [1.82, 2.24) is 4.90 Å². The molecule has 0 aliphatic rings. The summed E-state index contributed by atoms with van der Waals surface area (Å²) in [5, 5.41) is 32.7. The second kappa shape index (κ2) is 35.3. The molecule has 0 rings (SSSR count). The second-order valence-corrected chi connectivity index (χ2v) is 10.9. The molecule has 9 nitrogen and oxygen atoms in total. The number of aliphatic hydroxyl groups is 1. The molecule has 0 saturated carbocycles. The Kier molecular flexibility index (Phi) is 37.7. The minimum Gasteiger partial charge on any atom is -0.481 e. The molecule has 0 aromatic heterocycles. The predicted octanol–water partition coefficient (Wildman–Crippen LogP) is 6.70. The highest BCUT2D eigenvalue weighted by molar-refractivity contribution is 5.79. The van der Waals surface area contributed by atoms with Crippen LogP contribution in [0.2, 0.25) is 0 Å². The van der Waals surface area contributed by atoms with Gasteiger partial charge in [0.25, 0.3) is 0 Å².